The second-order valence-corrected chi connectivity index (χ2v) is 8.96. The molecule has 0 atom stereocenters. The van der Waals surface area contributed by atoms with E-state index >= 15 is 0 Å². The number of nitrogens with one attached hydrogen (secondary N) is 2. The van der Waals surface area contributed by atoms with Gasteiger partial charge in [0, 0.05) is 47.5 Å². The van der Waals surface area contributed by atoms with Gasteiger partial charge in [-0.2, -0.15) is 4.98 Å². The van der Waals surface area contributed by atoms with Gasteiger partial charge in [0.2, 0.25) is 5.95 Å². The van der Waals surface area contributed by atoms with E-state index in [0.29, 0.717) is 17.6 Å². The summed E-state index contributed by atoms with van der Waals surface area (Å²) in [7, 11) is 4.00. The molecule has 0 saturated heterocycles. The van der Waals surface area contributed by atoms with E-state index in [0.717, 1.165) is 52.8 Å². The number of aryl methyl sites for hydroxylation is 2. The number of carbonyl (C=O) groups is 1. The first-order valence-electron chi connectivity index (χ1n) is 10.1. The van der Waals surface area contributed by atoms with Crippen molar-refractivity contribution in [2.24, 2.45) is 0 Å². The third-order valence-electron chi connectivity index (χ3n) is 5.60. The fraction of sp³-hybridized carbons (Fsp3) is 0.500. The van der Waals surface area contributed by atoms with Gasteiger partial charge in [-0.25, -0.2) is 4.98 Å². The number of halogens is 1. The lowest BCUT2D eigenvalue weighted by Gasteiger charge is -2.30. The molecule has 0 radical (unpaired) electrons. The van der Waals surface area contributed by atoms with Crippen LogP contribution < -0.4 is 15.5 Å². The summed E-state index contributed by atoms with van der Waals surface area (Å²) in [6.45, 7) is 6.06. The van der Waals surface area contributed by atoms with Crippen molar-refractivity contribution in [3.63, 3.8) is 0 Å². The van der Waals surface area contributed by atoms with Crippen molar-refractivity contribution in [2.45, 2.75) is 58.5 Å². The molecule has 156 valence electrons. The summed E-state index contributed by atoms with van der Waals surface area (Å²) in [6.07, 6.45) is 3.87. The Kier molecular flexibility index (Phi) is 6.77. The quantitative estimate of drug-likeness (QED) is 0.693. The standard InChI is InChI=1S/C22H30BrN5O/c1-13-12-16(6-11-19(13)23)21(29)25-17-7-9-18(10-8-17)26-22-24-15(3)14(2)20(27-22)28(4)5/h6,11-12,17-18H,7-10H2,1-5H3,(H,25,29)(H,24,26,27)/t17-,18+. The highest BCUT2D eigenvalue weighted by Crippen LogP contribution is 2.24. The summed E-state index contributed by atoms with van der Waals surface area (Å²) in [5.74, 6) is 1.64. The van der Waals surface area contributed by atoms with Gasteiger partial charge in [0.1, 0.15) is 5.82 Å². The van der Waals surface area contributed by atoms with Crippen molar-refractivity contribution < 1.29 is 4.79 Å². The van der Waals surface area contributed by atoms with Gasteiger partial charge in [0.25, 0.3) is 5.91 Å². The topological polar surface area (TPSA) is 70.2 Å². The van der Waals surface area contributed by atoms with E-state index in [1.807, 2.05) is 51.0 Å². The Morgan fingerprint density at radius 2 is 1.72 bits per heavy atom. The lowest BCUT2D eigenvalue weighted by atomic mass is 9.91. The minimum atomic E-state index is 0.00475. The molecule has 7 heteroatoms. The van der Waals surface area contributed by atoms with Crippen LogP contribution in [0.1, 0.15) is 52.9 Å². The summed E-state index contributed by atoms with van der Waals surface area (Å²) < 4.78 is 1.02. The minimum absolute atomic E-state index is 0.00475. The first-order valence-corrected chi connectivity index (χ1v) is 10.9. The van der Waals surface area contributed by atoms with Gasteiger partial charge < -0.3 is 15.5 Å². The molecule has 0 bridgehead atoms. The molecule has 1 heterocycles. The third-order valence-corrected chi connectivity index (χ3v) is 6.49. The summed E-state index contributed by atoms with van der Waals surface area (Å²) in [6, 6.07) is 6.25. The molecule has 1 aromatic carbocycles. The second kappa shape index (κ2) is 9.11. The molecule has 1 fully saturated rings. The van der Waals surface area contributed by atoms with E-state index < -0.39 is 0 Å². The predicted molar refractivity (Wildman–Crippen MR) is 122 cm³/mol. The van der Waals surface area contributed by atoms with Crippen LogP contribution in [0.4, 0.5) is 11.8 Å². The van der Waals surface area contributed by atoms with Crippen LogP contribution in [-0.2, 0) is 0 Å². The van der Waals surface area contributed by atoms with Crippen molar-refractivity contribution in [1.29, 1.82) is 0 Å². The van der Waals surface area contributed by atoms with Gasteiger partial charge in [-0.1, -0.05) is 15.9 Å². The van der Waals surface area contributed by atoms with Crippen LogP contribution >= 0.6 is 15.9 Å². The van der Waals surface area contributed by atoms with Gasteiger partial charge >= 0.3 is 0 Å². The maximum Gasteiger partial charge on any atom is 0.251 e. The lowest BCUT2D eigenvalue weighted by molar-refractivity contribution is 0.0926. The number of amides is 1. The third kappa shape index (κ3) is 5.26. The minimum Gasteiger partial charge on any atom is -0.362 e. The molecule has 3 rings (SSSR count). The van der Waals surface area contributed by atoms with E-state index in [2.05, 4.69) is 43.5 Å². The summed E-state index contributed by atoms with van der Waals surface area (Å²) in [5.41, 5.74) is 3.88. The molecule has 0 spiro atoms. The van der Waals surface area contributed by atoms with Gasteiger partial charge in [0.05, 0.1) is 0 Å². The molecule has 1 saturated carbocycles. The van der Waals surface area contributed by atoms with Crippen LogP contribution in [0.15, 0.2) is 22.7 Å². The zero-order chi connectivity index (χ0) is 21.1. The number of nitrogens with zero attached hydrogens (tertiary/aromatic N) is 3. The molecule has 0 unspecified atom stereocenters. The van der Waals surface area contributed by atoms with E-state index in [9.17, 15) is 4.79 Å². The number of benzene rings is 1. The van der Waals surface area contributed by atoms with Crippen molar-refractivity contribution in [1.82, 2.24) is 15.3 Å². The van der Waals surface area contributed by atoms with Crippen molar-refractivity contribution in [3.05, 3.63) is 45.1 Å². The van der Waals surface area contributed by atoms with Gasteiger partial charge in [-0.05, 0) is 70.2 Å². The number of rotatable bonds is 5. The zero-order valence-electron chi connectivity index (χ0n) is 17.8. The summed E-state index contributed by atoms with van der Waals surface area (Å²) in [5, 5.41) is 6.68. The number of hydrogen-bond acceptors (Lipinski definition) is 5. The van der Waals surface area contributed by atoms with Crippen molar-refractivity contribution in [3.8, 4) is 0 Å². The highest BCUT2D eigenvalue weighted by molar-refractivity contribution is 9.10. The first kappa shape index (κ1) is 21.6. The Labute approximate surface area is 181 Å². The molecule has 1 aliphatic carbocycles. The van der Waals surface area contributed by atoms with E-state index in [1.54, 1.807) is 0 Å². The maximum atomic E-state index is 12.6. The molecule has 0 aliphatic heterocycles. The fourth-order valence-corrected chi connectivity index (χ4v) is 3.98. The van der Waals surface area contributed by atoms with Gasteiger partial charge in [0.15, 0.2) is 0 Å². The van der Waals surface area contributed by atoms with E-state index in [-0.39, 0.29) is 11.9 Å². The van der Waals surface area contributed by atoms with Crippen LogP contribution in [-0.4, -0.2) is 42.1 Å². The van der Waals surface area contributed by atoms with E-state index in [4.69, 9.17) is 0 Å². The number of aromatic nitrogens is 2. The van der Waals surface area contributed by atoms with Crippen LogP contribution in [0.25, 0.3) is 0 Å². The number of hydrogen-bond donors (Lipinski definition) is 2. The first-order chi connectivity index (χ1) is 13.7. The molecular formula is C22H30BrN5O. The largest absolute Gasteiger partial charge is 0.362 e. The predicted octanol–water partition coefficient (Wildman–Crippen LogP) is 4.38. The van der Waals surface area contributed by atoms with Crippen LogP contribution in [0.3, 0.4) is 0 Å². The Morgan fingerprint density at radius 3 is 2.34 bits per heavy atom. The normalized spacial score (nSPS) is 19.0. The number of anilines is 2. The molecule has 2 aromatic rings. The molecule has 29 heavy (non-hydrogen) atoms. The number of carbonyl (C=O) groups excluding carboxylic acids is 1. The Balaban J connectivity index is 1.55. The molecule has 1 aromatic heterocycles. The smallest absolute Gasteiger partial charge is 0.251 e. The Morgan fingerprint density at radius 1 is 1.07 bits per heavy atom. The molecule has 1 amide bonds. The molecule has 2 N–H and O–H groups in total. The summed E-state index contributed by atoms with van der Waals surface area (Å²) in [4.78, 5) is 23.9. The Bertz CT molecular complexity index is 891. The highest BCUT2D eigenvalue weighted by Gasteiger charge is 2.24. The molecular weight excluding hydrogens is 430 g/mol. The lowest BCUT2D eigenvalue weighted by Crippen LogP contribution is -2.40. The monoisotopic (exact) mass is 459 g/mol. The average Bonchev–Trinajstić information content (AvgIpc) is 2.68. The maximum absolute atomic E-state index is 12.6. The fourth-order valence-electron chi connectivity index (χ4n) is 3.73. The summed E-state index contributed by atoms with van der Waals surface area (Å²) >= 11 is 3.48. The van der Waals surface area contributed by atoms with Crippen molar-refractivity contribution >= 4 is 33.6 Å². The van der Waals surface area contributed by atoms with Crippen molar-refractivity contribution in [2.75, 3.05) is 24.3 Å². The highest BCUT2D eigenvalue weighted by atomic mass is 79.9. The SMILES string of the molecule is Cc1cc(C(=O)N[C@H]2CC[C@@H](Nc3nc(C)c(C)c(N(C)C)n3)CC2)ccc1Br. The van der Waals surface area contributed by atoms with Crippen LogP contribution in [0, 0.1) is 20.8 Å². The van der Waals surface area contributed by atoms with E-state index in [1.165, 1.54) is 0 Å². The molecule has 1 aliphatic rings. The average molecular weight is 460 g/mol. The zero-order valence-corrected chi connectivity index (χ0v) is 19.4. The van der Waals surface area contributed by atoms with Gasteiger partial charge in [-0.3, -0.25) is 4.79 Å². The van der Waals surface area contributed by atoms with Gasteiger partial charge in [-0.15, -0.1) is 0 Å². The second-order valence-electron chi connectivity index (χ2n) is 8.11. The molecule has 6 nitrogen and oxygen atoms in total. The van der Waals surface area contributed by atoms with Crippen LogP contribution in [0.2, 0.25) is 0 Å². The Hall–Kier alpha value is -2.15. The van der Waals surface area contributed by atoms with Crippen LogP contribution in [0.5, 0.6) is 0 Å².